The van der Waals surface area contributed by atoms with Crippen molar-refractivity contribution in [1.82, 2.24) is 10.2 Å². The standard InChI is InChI=1S/C33H53N3O3/c1-29(2)34-27-31(37)28-39-33-19-17-32(18-20-33)38-26-14-9-7-5-3-4-6-8-13-21-35-22-24-36(25-23-35)30-15-11-10-12-16-30/h10-12,15-20,29,31,34,37H,3-9,13-14,21-28H2,1-2H3/t31-/m0/s1. The summed E-state index contributed by atoms with van der Waals surface area (Å²) in [5, 5.41) is 13.2. The van der Waals surface area contributed by atoms with E-state index >= 15 is 0 Å². The topological polar surface area (TPSA) is 57.2 Å². The Morgan fingerprint density at radius 3 is 1.90 bits per heavy atom. The predicted molar refractivity (Wildman–Crippen MR) is 163 cm³/mol. The molecule has 2 aromatic rings. The van der Waals surface area contributed by atoms with Crippen LogP contribution in [0, 0.1) is 0 Å². The van der Waals surface area contributed by atoms with Gasteiger partial charge >= 0.3 is 0 Å². The van der Waals surface area contributed by atoms with Crippen molar-refractivity contribution in [2.45, 2.75) is 83.8 Å². The quantitative estimate of drug-likeness (QED) is 0.197. The molecule has 6 heteroatoms. The molecular weight excluding hydrogens is 486 g/mol. The van der Waals surface area contributed by atoms with Gasteiger partial charge in [0.2, 0.25) is 0 Å². The number of benzene rings is 2. The second-order valence-corrected chi connectivity index (χ2v) is 11.2. The maximum absolute atomic E-state index is 9.95. The van der Waals surface area contributed by atoms with Crippen LogP contribution in [0.3, 0.4) is 0 Å². The van der Waals surface area contributed by atoms with Gasteiger partial charge in [0.05, 0.1) is 6.61 Å². The summed E-state index contributed by atoms with van der Waals surface area (Å²) in [4.78, 5) is 5.15. The van der Waals surface area contributed by atoms with E-state index < -0.39 is 6.10 Å². The fourth-order valence-electron chi connectivity index (χ4n) is 4.99. The molecule has 0 spiro atoms. The van der Waals surface area contributed by atoms with E-state index in [1.54, 1.807) is 0 Å². The van der Waals surface area contributed by atoms with Gasteiger partial charge in [-0.15, -0.1) is 0 Å². The predicted octanol–water partition coefficient (Wildman–Crippen LogP) is 6.14. The van der Waals surface area contributed by atoms with Crippen LogP contribution in [-0.2, 0) is 0 Å². The fraction of sp³-hybridized carbons (Fsp3) is 0.636. The largest absolute Gasteiger partial charge is 0.494 e. The average Bonchev–Trinajstić information content (AvgIpc) is 2.97. The second-order valence-electron chi connectivity index (χ2n) is 11.2. The molecule has 1 atom stereocenters. The molecule has 39 heavy (non-hydrogen) atoms. The molecule has 1 heterocycles. The highest BCUT2D eigenvalue weighted by Gasteiger charge is 2.16. The maximum atomic E-state index is 9.95. The smallest absolute Gasteiger partial charge is 0.119 e. The van der Waals surface area contributed by atoms with Gasteiger partial charge in [-0.1, -0.05) is 77.0 Å². The van der Waals surface area contributed by atoms with E-state index in [9.17, 15) is 5.11 Å². The molecule has 3 rings (SSSR count). The van der Waals surface area contributed by atoms with Crippen LogP contribution in [-0.4, -0.2) is 74.6 Å². The molecule has 0 aromatic heterocycles. The number of rotatable bonds is 20. The van der Waals surface area contributed by atoms with Gasteiger partial charge in [-0.2, -0.15) is 0 Å². The first-order valence-electron chi connectivity index (χ1n) is 15.4. The fourth-order valence-corrected chi connectivity index (χ4v) is 4.99. The Bertz CT molecular complexity index is 854. The van der Waals surface area contributed by atoms with E-state index in [0.29, 0.717) is 12.6 Å². The molecule has 1 aliphatic rings. The van der Waals surface area contributed by atoms with Crippen LogP contribution >= 0.6 is 0 Å². The van der Waals surface area contributed by atoms with Gasteiger partial charge in [-0.25, -0.2) is 0 Å². The van der Waals surface area contributed by atoms with Crippen molar-refractivity contribution in [3.05, 3.63) is 54.6 Å². The van der Waals surface area contributed by atoms with Gasteiger partial charge in [0, 0.05) is 44.5 Å². The highest BCUT2D eigenvalue weighted by atomic mass is 16.5. The highest BCUT2D eigenvalue weighted by Crippen LogP contribution is 2.19. The van der Waals surface area contributed by atoms with E-state index in [1.165, 1.54) is 76.7 Å². The minimum atomic E-state index is -0.513. The number of ether oxygens (including phenoxy) is 2. The normalized spacial score (nSPS) is 15.0. The van der Waals surface area contributed by atoms with Crippen molar-refractivity contribution in [3.63, 3.8) is 0 Å². The monoisotopic (exact) mass is 539 g/mol. The van der Waals surface area contributed by atoms with Crippen molar-refractivity contribution in [2.24, 2.45) is 0 Å². The first kappa shape index (κ1) is 31.3. The lowest BCUT2D eigenvalue weighted by Crippen LogP contribution is -2.46. The summed E-state index contributed by atoms with van der Waals surface area (Å²) in [6.45, 7) is 11.7. The maximum Gasteiger partial charge on any atom is 0.119 e. The van der Waals surface area contributed by atoms with E-state index in [4.69, 9.17) is 9.47 Å². The average molecular weight is 540 g/mol. The summed E-state index contributed by atoms with van der Waals surface area (Å²) in [5.41, 5.74) is 1.37. The van der Waals surface area contributed by atoms with Crippen LogP contribution in [0.2, 0.25) is 0 Å². The number of aliphatic hydroxyl groups is 1. The Labute approximate surface area is 237 Å². The molecule has 0 aliphatic carbocycles. The van der Waals surface area contributed by atoms with Crippen LogP contribution in [0.25, 0.3) is 0 Å². The molecule has 2 N–H and O–H groups in total. The molecule has 1 fully saturated rings. The first-order valence-corrected chi connectivity index (χ1v) is 15.4. The zero-order valence-electron chi connectivity index (χ0n) is 24.5. The minimum absolute atomic E-state index is 0.285. The third kappa shape index (κ3) is 13.6. The zero-order valence-corrected chi connectivity index (χ0v) is 24.5. The number of nitrogens with one attached hydrogen (secondary N) is 1. The molecule has 6 nitrogen and oxygen atoms in total. The van der Waals surface area contributed by atoms with Crippen LogP contribution in [0.4, 0.5) is 5.69 Å². The lowest BCUT2D eigenvalue weighted by Gasteiger charge is -2.36. The van der Waals surface area contributed by atoms with Crippen LogP contribution in [0.15, 0.2) is 54.6 Å². The summed E-state index contributed by atoms with van der Waals surface area (Å²) < 4.78 is 11.5. The summed E-state index contributed by atoms with van der Waals surface area (Å²) in [6.07, 6.45) is 11.3. The molecule has 2 aromatic carbocycles. The number of unbranched alkanes of at least 4 members (excludes halogenated alkanes) is 8. The number of hydrogen-bond donors (Lipinski definition) is 2. The van der Waals surface area contributed by atoms with Crippen molar-refractivity contribution in [1.29, 1.82) is 0 Å². The number of para-hydroxylation sites is 1. The number of hydrogen-bond acceptors (Lipinski definition) is 6. The lowest BCUT2D eigenvalue weighted by molar-refractivity contribution is 0.104. The van der Waals surface area contributed by atoms with Crippen molar-refractivity contribution >= 4 is 5.69 Å². The van der Waals surface area contributed by atoms with Crippen LogP contribution in [0.1, 0.15) is 71.6 Å². The summed E-state index contributed by atoms with van der Waals surface area (Å²) in [7, 11) is 0. The second kappa shape index (κ2) is 18.9. The van der Waals surface area contributed by atoms with Gasteiger partial charge in [0.25, 0.3) is 0 Å². The van der Waals surface area contributed by atoms with Gasteiger partial charge in [-0.3, -0.25) is 4.90 Å². The third-order valence-corrected chi connectivity index (χ3v) is 7.41. The van der Waals surface area contributed by atoms with Crippen molar-refractivity contribution in [3.8, 4) is 11.5 Å². The van der Waals surface area contributed by atoms with Crippen molar-refractivity contribution < 1.29 is 14.6 Å². The molecule has 0 amide bonds. The van der Waals surface area contributed by atoms with Gasteiger partial charge in [0.15, 0.2) is 0 Å². The number of aliphatic hydroxyl groups excluding tert-OH is 1. The number of piperazine rings is 1. The SMILES string of the molecule is CC(C)NC[C@H](O)COc1ccc(OCCCCCCCCCCCN2CCN(c3ccccc3)CC2)cc1. The molecule has 1 aliphatic heterocycles. The highest BCUT2D eigenvalue weighted by molar-refractivity contribution is 5.46. The Balaban J connectivity index is 1.08. The van der Waals surface area contributed by atoms with Gasteiger partial charge in [0.1, 0.15) is 24.2 Å². The molecule has 0 unspecified atom stereocenters. The van der Waals surface area contributed by atoms with Gasteiger partial charge in [-0.05, 0) is 55.8 Å². The van der Waals surface area contributed by atoms with Crippen molar-refractivity contribution in [2.75, 3.05) is 57.4 Å². The van der Waals surface area contributed by atoms with E-state index in [-0.39, 0.29) is 6.61 Å². The number of nitrogens with zero attached hydrogens (tertiary/aromatic N) is 2. The molecule has 0 bridgehead atoms. The minimum Gasteiger partial charge on any atom is -0.494 e. The van der Waals surface area contributed by atoms with Gasteiger partial charge < -0.3 is 24.8 Å². The first-order chi connectivity index (χ1) is 19.1. The Morgan fingerprint density at radius 1 is 0.718 bits per heavy atom. The number of anilines is 1. The molecule has 0 radical (unpaired) electrons. The Kier molecular flexibility index (Phi) is 15.2. The molecular formula is C33H53N3O3. The third-order valence-electron chi connectivity index (χ3n) is 7.41. The zero-order chi connectivity index (χ0) is 27.5. The summed E-state index contributed by atoms with van der Waals surface area (Å²) in [5.74, 6) is 1.63. The summed E-state index contributed by atoms with van der Waals surface area (Å²) >= 11 is 0. The lowest BCUT2D eigenvalue weighted by atomic mass is 10.1. The van der Waals surface area contributed by atoms with E-state index in [2.05, 4.69) is 59.3 Å². The van der Waals surface area contributed by atoms with Crippen LogP contribution < -0.4 is 19.7 Å². The molecule has 0 saturated carbocycles. The van der Waals surface area contributed by atoms with Crippen LogP contribution in [0.5, 0.6) is 11.5 Å². The van der Waals surface area contributed by atoms with E-state index in [1.807, 2.05) is 24.3 Å². The molecule has 218 valence electrons. The Morgan fingerprint density at radius 2 is 1.28 bits per heavy atom. The summed E-state index contributed by atoms with van der Waals surface area (Å²) in [6, 6.07) is 18.9. The van der Waals surface area contributed by atoms with E-state index in [0.717, 1.165) is 37.6 Å². The Hall–Kier alpha value is -2.28. The molecule has 1 saturated heterocycles.